The van der Waals surface area contributed by atoms with Crippen LogP contribution in [0, 0.1) is 0 Å². The van der Waals surface area contributed by atoms with Crippen molar-refractivity contribution in [2.75, 3.05) is 6.54 Å². The monoisotopic (exact) mass is 247 g/mol. The molecule has 0 saturated carbocycles. The Morgan fingerprint density at radius 3 is 2.89 bits per heavy atom. The van der Waals surface area contributed by atoms with Gasteiger partial charge in [0.2, 0.25) is 0 Å². The zero-order valence-electron chi connectivity index (χ0n) is 11.7. The molecule has 0 fully saturated rings. The van der Waals surface area contributed by atoms with Gasteiger partial charge in [-0.2, -0.15) is 0 Å². The van der Waals surface area contributed by atoms with E-state index in [-0.39, 0.29) is 0 Å². The standard InChI is InChI=1S/C15H25N3/c1-3-17-15(14-11-16-12-18(14)2)13-9-7-5-4-6-8-10-13/h9,11-12,15,17H,3-8,10H2,1-2H3. The van der Waals surface area contributed by atoms with E-state index in [4.69, 9.17) is 0 Å². The van der Waals surface area contributed by atoms with Gasteiger partial charge in [0, 0.05) is 7.05 Å². The lowest BCUT2D eigenvalue weighted by atomic mass is 9.93. The highest BCUT2D eigenvalue weighted by atomic mass is 15.1. The van der Waals surface area contributed by atoms with Crippen LogP contribution in [0.4, 0.5) is 0 Å². The van der Waals surface area contributed by atoms with Crippen molar-refractivity contribution < 1.29 is 0 Å². The second kappa shape index (κ2) is 6.74. The third-order valence-electron chi connectivity index (χ3n) is 3.75. The molecule has 0 aliphatic heterocycles. The Kier molecular flexibility index (Phi) is 5.00. The van der Waals surface area contributed by atoms with Crippen molar-refractivity contribution in [2.45, 2.75) is 51.5 Å². The molecule has 0 amide bonds. The average molecular weight is 247 g/mol. The summed E-state index contributed by atoms with van der Waals surface area (Å²) in [5.74, 6) is 0. The molecule has 1 aliphatic rings. The van der Waals surface area contributed by atoms with Gasteiger partial charge < -0.3 is 9.88 Å². The quantitative estimate of drug-likeness (QED) is 0.827. The lowest BCUT2D eigenvalue weighted by Crippen LogP contribution is -2.25. The van der Waals surface area contributed by atoms with Crippen LogP contribution in [0.2, 0.25) is 0 Å². The minimum absolute atomic E-state index is 0.348. The largest absolute Gasteiger partial charge is 0.336 e. The zero-order chi connectivity index (χ0) is 12.8. The third-order valence-corrected chi connectivity index (χ3v) is 3.75. The van der Waals surface area contributed by atoms with Crippen molar-refractivity contribution in [3.63, 3.8) is 0 Å². The Balaban J connectivity index is 2.20. The summed E-state index contributed by atoms with van der Waals surface area (Å²) in [5.41, 5.74) is 2.84. The zero-order valence-corrected chi connectivity index (χ0v) is 11.7. The van der Waals surface area contributed by atoms with E-state index in [1.807, 2.05) is 12.5 Å². The predicted octanol–water partition coefficient (Wildman–Crippen LogP) is 3.35. The van der Waals surface area contributed by atoms with Crippen molar-refractivity contribution in [2.24, 2.45) is 7.05 Å². The van der Waals surface area contributed by atoms with Crippen LogP contribution in [0.25, 0.3) is 0 Å². The fourth-order valence-corrected chi connectivity index (χ4v) is 2.75. The minimum Gasteiger partial charge on any atom is -0.336 e. The number of likely N-dealkylation sites (N-methyl/N-ethyl adjacent to an activating group) is 1. The van der Waals surface area contributed by atoms with Crippen LogP contribution in [0.3, 0.4) is 0 Å². The topological polar surface area (TPSA) is 29.9 Å². The fraction of sp³-hybridized carbons (Fsp3) is 0.667. The first-order valence-corrected chi connectivity index (χ1v) is 7.21. The molecular formula is C15H25N3. The smallest absolute Gasteiger partial charge is 0.0946 e. The molecule has 1 aliphatic carbocycles. The van der Waals surface area contributed by atoms with Crippen molar-refractivity contribution in [3.05, 3.63) is 29.9 Å². The second-order valence-corrected chi connectivity index (χ2v) is 5.15. The van der Waals surface area contributed by atoms with E-state index < -0.39 is 0 Å². The first-order chi connectivity index (χ1) is 8.83. The molecule has 1 aromatic heterocycles. The molecule has 2 rings (SSSR count). The second-order valence-electron chi connectivity index (χ2n) is 5.15. The number of aryl methyl sites for hydroxylation is 1. The van der Waals surface area contributed by atoms with E-state index in [0.29, 0.717) is 6.04 Å². The van der Waals surface area contributed by atoms with Crippen LogP contribution in [-0.2, 0) is 7.05 Å². The average Bonchev–Trinajstić information content (AvgIpc) is 2.73. The maximum Gasteiger partial charge on any atom is 0.0946 e. The lowest BCUT2D eigenvalue weighted by Gasteiger charge is -2.23. The van der Waals surface area contributed by atoms with E-state index in [0.717, 1.165) is 6.54 Å². The van der Waals surface area contributed by atoms with Gasteiger partial charge in [-0.3, -0.25) is 0 Å². The summed E-state index contributed by atoms with van der Waals surface area (Å²) < 4.78 is 2.13. The SMILES string of the molecule is CCNC(C1=CCCCCCC1)c1cncn1C. The van der Waals surface area contributed by atoms with Gasteiger partial charge in [-0.15, -0.1) is 0 Å². The maximum atomic E-state index is 4.26. The van der Waals surface area contributed by atoms with E-state index in [2.05, 4.69) is 34.9 Å². The number of nitrogens with one attached hydrogen (secondary N) is 1. The van der Waals surface area contributed by atoms with E-state index in [9.17, 15) is 0 Å². The Bertz CT molecular complexity index is 392. The molecule has 0 aromatic carbocycles. The Morgan fingerprint density at radius 2 is 2.17 bits per heavy atom. The van der Waals surface area contributed by atoms with Crippen LogP contribution >= 0.6 is 0 Å². The molecule has 1 N–H and O–H groups in total. The first kappa shape index (κ1) is 13.3. The molecule has 0 saturated heterocycles. The number of hydrogen-bond acceptors (Lipinski definition) is 2. The van der Waals surface area contributed by atoms with Crippen LogP contribution in [0.15, 0.2) is 24.2 Å². The maximum absolute atomic E-state index is 4.26. The summed E-state index contributed by atoms with van der Waals surface area (Å²) in [6, 6.07) is 0.348. The van der Waals surface area contributed by atoms with E-state index in [1.165, 1.54) is 44.2 Å². The molecule has 0 spiro atoms. The molecule has 100 valence electrons. The van der Waals surface area contributed by atoms with Gasteiger partial charge in [-0.1, -0.05) is 31.4 Å². The van der Waals surface area contributed by atoms with E-state index in [1.54, 1.807) is 5.57 Å². The number of hydrogen-bond donors (Lipinski definition) is 1. The fourth-order valence-electron chi connectivity index (χ4n) is 2.75. The summed E-state index contributed by atoms with van der Waals surface area (Å²) in [5, 5.41) is 3.61. The molecule has 1 atom stereocenters. The predicted molar refractivity (Wildman–Crippen MR) is 75.4 cm³/mol. The number of allylic oxidation sites excluding steroid dienone is 1. The summed E-state index contributed by atoms with van der Waals surface area (Å²) in [7, 11) is 2.08. The molecule has 18 heavy (non-hydrogen) atoms. The molecule has 0 bridgehead atoms. The molecule has 3 heteroatoms. The third kappa shape index (κ3) is 3.22. The Hall–Kier alpha value is -1.09. The van der Waals surface area contributed by atoms with Crippen LogP contribution in [0.5, 0.6) is 0 Å². The normalized spacial score (nSPS) is 18.9. The van der Waals surface area contributed by atoms with Gasteiger partial charge in [0.1, 0.15) is 0 Å². The highest BCUT2D eigenvalue weighted by Gasteiger charge is 2.18. The van der Waals surface area contributed by atoms with Gasteiger partial charge in [0.25, 0.3) is 0 Å². The number of imidazole rings is 1. The van der Waals surface area contributed by atoms with Crippen LogP contribution in [-0.4, -0.2) is 16.1 Å². The lowest BCUT2D eigenvalue weighted by molar-refractivity contribution is 0.535. The Morgan fingerprint density at radius 1 is 1.33 bits per heavy atom. The summed E-state index contributed by atoms with van der Waals surface area (Å²) in [6.45, 7) is 3.17. The van der Waals surface area contributed by atoms with Gasteiger partial charge >= 0.3 is 0 Å². The van der Waals surface area contributed by atoms with Gasteiger partial charge in [0.05, 0.1) is 24.3 Å². The number of rotatable bonds is 4. The molecule has 1 aromatic rings. The molecule has 0 radical (unpaired) electrons. The van der Waals surface area contributed by atoms with Crippen LogP contribution in [0.1, 0.15) is 57.2 Å². The molecule has 1 heterocycles. The summed E-state index contributed by atoms with van der Waals surface area (Å²) in [4.78, 5) is 4.26. The van der Waals surface area contributed by atoms with Crippen LogP contribution < -0.4 is 5.32 Å². The van der Waals surface area contributed by atoms with Crippen molar-refractivity contribution in [1.82, 2.24) is 14.9 Å². The molecular weight excluding hydrogens is 222 g/mol. The van der Waals surface area contributed by atoms with Gasteiger partial charge in [-0.25, -0.2) is 4.98 Å². The molecule has 1 unspecified atom stereocenters. The molecule has 3 nitrogen and oxygen atoms in total. The summed E-state index contributed by atoms with van der Waals surface area (Å²) >= 11 is 0. The van der Waals surface area contributed by atoms with Gasteiger partial charge in [0.15, 0.2) is 0 Å². The van der Waals surface area contributed by atoms with E-state index >= 15 is 0 Å². The Labute approximate surface area is 110 Å². The first-order valence-electron chi connectivity index (χ1n) is 7.21. The summed E-state index contributed by atoms with van der Waals surface area (Å²) in [6.07, 6.45) is 14.2. The van der Waals surface area contributed by atoms with Crippen molar-refractivity contribution in [1.29, 1.82) is 0 Å². The highest BCUT2D eigenvalue weighted by Crippen LogP contribution is 2.28. The number of nitrogens with zero attached hydrogens (tertiary/aromatic N) is 2. The van der Waals surface area contributed by atoms with Gasteiger partial charge in [-0.05, 0) is 32.2 Å². The van der Waals surface area contributed by atoms with Crippen molar-refractivity contribution in [3.8, 4) is 0 Å². The van der Waals surface area contributed by atoms with Crippen molar-refractivity contribution >= 4 is 0 Å². The number of aromatic nitrogens is 2. The minimum atomic E-state index is 0.348. The highest BCUT2D eigenvalue weighted by molar-refractivity contribution is 5.22.